The molecule has 0 bridgehead atoms. The van der Waals surface area contributed by atoms with Crippen LogP contribution in [-0.2, 0) is 0 Å². The molecule has 0 aliphatic heterocycles. The quantitative estimate of drug-likeness (QED) is 0.646. The Labute approximate surface area is 78.1 Å². The Morgan fingerprint density at radius 3 is 1.83 bits per heavy atom. The van der Waals surface area contributed by atoms with Gasteiger partial charge in [0.1, 0.15) is 0 Å². The number of unbranched alkanes of at least 4 members (excludes halogenated alkanes) is 1. The van der Waals surface area contributed by atoms with E-state index in [0.29, 0.717) is 5.54 Å². The van der Waals surface area contributed by atoms with Gasteiger partial charge < -0.3 is 4.90 Å². The minimum absolute atomic E-state index is 0.436. The molecule has 0 heterocycles. The van der Waals surface area contributed by atoms with E-state index in [1.165, 1.54) is 32.4 Å². The van der Waals surface area contributed by atoms with Gasteiger partial charge in [0.05, 0.1) is 18.6 Å². The van der Waals surface area contributed by atoms with Crippen LogP contribution >= 0.6 is 0 Å². The predicted octanol–water partition coefficient (Wildman–Crippen LogP) is 1.88. The van der Waals surface area contributed by atoms with Crippen LogP contribution in [0.3, 0.4) is 0 Å². The number of rotatable bonds is 5. The molecule has 74 valence electrons. The van der Waals surface area contributed by atoms with Crippen LogP contribution < -0.4 is 4.90 Å². The van der Waals surface area contributed by atoms with E-state index in [4.69, 9.17) is 0 Å². The molecule has 1 atom stereocenters. The maximum Gasteiger partial charge on any atom is 0.0891 e. The van der Waals surface area contributed by atoms with Crippen LogP contribution in [0.5, 0.6) is 0 Å². The second kappa shape index (κ2) is 5.58. The molecule has 0 saturated carbocycles. The van der Waals surface area contributed by atoms with E-state index in [2.05, 4.69) is 34.6 Å². The van der Waals surface area contributed by atoms with Crippen molar-refractivity contribution in [1.29, 1.82) is 0 Å². The van der Waals surface area contributed by atoms with Crippen molar-refractivity contribution in [3.63, 3.8) is 0 Å². The highest BCUT2D eigenvalue weighted by Gasteiger charge is 2.23. The van der Waals surface area contributed by atoms with Crippen molar-refractivity contribution in [2.24, 2.45) is 0 Å². The van der Waals surface area contributed by atoms with Crippen LogP contribution in [-0.4, -0.2) is 18.6 Å². The smallest absolute Gasteiger partial charge is 0.0891 e. The second-order valence-corrected chi connectivity index (χ2v) is 4.71. The Morgan fingerprint density at radius 2 is 1.50 bits per heavy atom. The molecule has 1 unspecified atom stereocenters. The summed E-state index contributed by atoms with van der Waals surface area (Å²) in [5.41, 5.74) is 0.436. The third kappa shape index (κ3) is 4.76. The highest BCUT2D eigenvalue weighted by molar-refractivity contribution is 4.56. The summed E-state index contributed by atoms with van der Waals surface area (Å²) in [7, 11) is 0. The van der Waals surface area contributed by atoms with Crippen molar-refractivity contribution in [3.8, 4) is 0 Å². The second-order valence-electron chi connectivity index (χ2n) is 4.71. The van der Waals surface area contributed by atoms with E-state index in [0.717, 1.165) is 0 Å². The van der Waals surface area contributed by atoms with Crippen molar-refractivity contribution in [1.82, 2.24) is 0 Å². The van der Waals surface area contributed by atoms with E-state index in [9.17, 15) is 0 Å². The zero-order valence-electron chi connectivity index (χ0n) is 9.54. The monoisotopic (exact) mass is 172 g/mol. The lowest BCUT2D eigenvalue weighted by molar-refractivity contribution is -0.946. The van der Waals surface area contributed by atoms with Crippen LogP contribution in [0.4, 0.5) is 0 Å². The summed E-state index contributed by atoms with van der Waals surface area (Å²) < 4.78 is 0. The molecule has 0 aromatic carbocycles. The highest BCUT2D eigenvalue weighted by atomic mass is 15.2. The van der Waals surface area contributed by atoms with Gasteiger partial charge in [0, 0.05) is 0 Å². The Morgan fingerprint density at radius 1 is 0.917 bits per heavy atom. The molecule has 1 nitrogen and oxygen atoms in total. The summed E-state index contributed by atoms with van der Waals surface area (Å²) in [6.07, 6.45) is 3.99. The summed E-state index contributed by atoms with van der Waals surface area (Å²) in [6.45, 7) is 14.2. The largest absolute Gasteiger partial charge is 0.331 e. The minimum Gasteiger partial charge on any atom is -0.331 e. The van der Waals surface area contributed by atoms with E-state index in [1.807, 2.05) is 0 Å². The van der Waals surface area contributed by atoms with Crippen LogP contribution in [0.2, 0.25) is 0 Å². The molecule has 0 fully saturated rings. The van der Waals surface area contributed by atoms with Gasteiger partial charge in [0.25, 0.3) is 0 Å². The van der Waals surface area contributed by atoms with Gasteiger partial charge in [-0.25, -0.2) is 0 Å². The highest BCUT2D eigenvalue weighted by Crippen LogP contribution is 1.94. The number of nitrogens with one attached hydrogen (secondary N) is 1. The molecule has 0 saturated heterocycles. The molecule has 12 heavy (non-hydrogen) atoms. The zero-order chi connectivity index (χ0) is 9.61. The van der Waals surface area contributed by atoms with Crippen LogP contribution in [0.1, 0.15) is 53.9 Å². The van der Waals surface area contributed by atoms with Gasteiger partial charge in [-0.3, -0.25) is 0 Å². The molecule has 0 aromatic heterocycles. The van der Waals surface area contributed by atoms with E-state index < -0.39 is 0 Å². The standard InChI is InChI=1S/C11H25N/c1-6-8-10-12(9-7-2)11(3,4)5/h6-10H2,1-5H3/p+1. The Balaban J connectivity index is 3.86. The van der Waals surface area contributed by atoms with Crippen molar-refractivity contribution < 1.29 is 4.90 Å². The van der Waals surface area contributed by atoms with Gasteiger partial charge in [-0.1, -0.05) is 20.3 Å². The first-order valence-corrected chi connectivity index (χ1v) is 5.37. The SMILES string of the molecule is CCCC[NH+](CCC)C(C)(C)C. The molecule has 0 rings (SSSR count). The van der Waals surface area contributed by atoms with E-state index in [-0.39, 0.29) is 0 Å². The van der Waals surface area contributed by atoms with Crippen LogP contribution in [0.15, 0.2) is 0 Å². The first-order valence-electron chi connectivity index (χ1n) is 5.37. The topological polar surface area (TPSA) is 4.44 Å². The van der Waals surface area contributed by atoms with Gasteiger partial charge in [-0.05, 0) is 33.6 Å². The lowest BCUT2D eigenvalue weighted by Crippen LogP contribution is -3.18. The van der Waals surface area contributed by atoms with E-state index >= 15 is 0 Å². The molecule has 1 heteroatoms. The number of hydrogen-bond donors (Lipinski definition) is 1. The average Bonchev–Trinajstić information content (AvgIpc) is 1.95. The van der Waals surface area contributed by atoms with Gasteiger partial charge in [-0.2, -0.15) is 0 Å². The molecular formula is C11H26N+. The Bertz CT molecular complexity index is 102. The summed E-state index contributed by atoms with van der Waals surface area (Å²) in [5, 5.41) is 0. The average molecular weight is 172 g/mol. The summed E-state index contributed by atoms with van der Waals surface area (Å²) in [4.78, 5) is 1.76. The van der Waals surface area contributed by atoms with Crippen molar-refractivity contribution >= 4 is 0 Å². The number of quaternary nitrogens is 1. The van der Waals surface area contributed by atoms with Gasteiger partial charge in [0.2, 0.25) is 0 Å². The molecule has 1 N–H and O–H groups in total. The normalized spacial score (nSPS) is 14.8. The van der Waals surface area contributed by atoms with Crippen LogP contribution in [0, 0.1) is 0 Å². The third-order valence-corrected chi connectivity index (χ3v) is 2.44. The van der Waals surface area contributed by atoms with E-state index in [1.54, 1.807) is 4.90 Å². The lowest BCUT2D eigenvalue weighted by atomic mass is 10.1. The van der Waals surface area contributed by atoms with Crippen molar-refractivity contribution in [2.45, 2.75) is 59.4 Å². The minimum atomic E-state index is 0.436. The van der Waals surface area contributed by atoms with Gasteiger partial charge in [0.15, 0.2) is 0 Å². The maximum absolute atomic E-state index is 2.34. The maximum atomic E-state index is 2.34. The molecule has 0 spiro atoms. The molecular weight excluding hydrogens is 146 g/mol. The number of hydrogen-bond acceptors (Lipinski definition) is 0. The predicted molar refractivity (Wildman–Crippen MR) is 55.6 cm³/mol. The Hall–Kier alpha value is -0.0400. The Kier molecular flexibility index (Phi) is 5.56. The van der Waals surface area contributed by atoms with Crippen LogP contribution in [0.25, 0.3) is 0 Å². The van der Waals surface area contributed by atoms with Gasteiger partial charge >= 0.3 is 0 Å². The zero-order valence-corrected chi connectivity index (χ0v) is 9.54. The molecule has 0 aliphatic carbocycles. The summed E-state index contributed by atoms with van der Waals surface area (Å²) in [5.74, 6) is 0. The summed E-state index contributed by atoms with van der Waals surface area (Å²) >= 11 is 0. The third-order valence-electron chi connectivity index (χ3n) is 2.44. The molecule has 0 aliphatic rings. The van der Waals surface area contributed by atoms with Crippen molar-refractivity contribution in [3.05, 3.63) is 0 Å². The molecule has 0 radical (unpaired) electrons. The molecule has 0 amide bonds. The van der Waals surface area contributed by atoms with Gasteiger partial charge in [-0.15, -0.1) is 0 Å². The fraction of sp³-hybridized carbons (Fsp3) is 1.00. The fourth-order valence-corrected chi connectivity index (χ4v) is 1.57. The first-order chi connectivity index (χ1) is 5.52. The molecule has 0 aromatic rings. The fourth-order valence-electron chi connectivity index (χ4n) is 1.57. The summed E-state index contributed by atoms with van der Waals surface area (Å²) in [6, 6.07) is 0. The lowest BCUT2D eigenvalue weighted by Gasteiger charge is -2.32. The van der Waals surface area contributed by atoms with Crippen molar-refractivity contribution in [2.75, 3.05) is 13.1 Å². The first kappa shape index (κ1) is 12.0.